The largest absolute Gasteiger partial charge is 0.483 e. The van der Waals surface area contributed by atoms with Gasteiger partial charge in [0.1, 0.15) is 22.5 Å². The van der Waals surface area contributed by atoms with Gasteiger partial charge in [-0.1, -0.05) is 11.6 Å². The Morgan fingerprint density at radius 3 is 2.58 bits per heavy atom. The van der Waals surface area contributed by atoms with Crippen LogP contribution in [0.4, 0.5) is 0 Å². The van der Waals surface area contributed by atoms with Crippen molar-refractivity contribution in [1.82, 2.24) is 14.8 Å². The van der Waals surface area contributed by atoms with Gasteiger partial charge in [0, 0.05) is 24.4 Å². The molecule has 9 nitrogen and oxygen atoms in total. The van der Waals surface area contributed by atoms with Crippen LogP contribution >= 0.6 is 11.6 Å². The average molecular weight is 489 g/mol. The summed E-state index contributed by atoms with van der Waals surface area (Å²) in [4.78, 5) is 17.0. The van der Waals surface area contributed by atoms with E-state index in [4.69, 9.17) is 25.9 Å². The van der Waals surface area contributed by atoms with Gasteiger partial charge >= 0.3 is 0 Å². The molecule has 0 aliphatic rings. The molecule has 172 valence electrons. The second-order valence-corrected chi connectivity index (χ2v) is 9.56. The third-order valence-electron chi connectivity index (χ3n) is 5.25. The molecule has 0 aliphatic heterocycles. The van der Waals surface area contributed by atoms with E-state index >= 15 is 0 Å². The molecule has 11 heteroatoms. The van der Waals surface area contributed by atoms with Crippen molar-refractivity contribution in [2.45, 2.75) is 31.9 Å². The van der Waals surface area contributed by atoms with E-state index in [1.807, 2.05) is 13.0 Å². The zero-order valence-corrected chi connectivity index (χ0v) is 19.9. The maximum atomic E-state index is 13.2. The lowest BCUT2D eigenvalue weighted by atomic mass is 10.0. The Hall–Kier alpha value is -3.21. The van der Waals surface area contributed by atoms with E-state index in [0.717, 1.165) is 5.56 Å². The summed E-state index contributed by atoms with van der Waals surface area (Å²) in [7, 11) is -2.44. The Kier molecular flexibility index (Phi) is 5.77. The van der Waals surface area contributed by atoms with E-state index in [-0.39, 0.29) is 16.3 Å². The SMILES string of the molecule is Cc1cc([C@@H](C)Oc2ccc(Cl)nc2S(N)(=O)=O)c2oc(-c3ccnn3C)c(C)c(=O)c2c1. The summed E-state index contributed by atoms with van der Waals surface area (Å²) in [5.41, 5.74) is 2.62. The normalized spacial score (nSPS) is 12.8. The Balaban J connectivity index is 1.91. The fourth-order valence-corrected chi connectivity index (χ4v) is 4.48. The zero-order chi connectivity index (χ0) is 24.1. The van der Waals surface area contributed by atoms with Gasteiger partial charge in [-0.05, 0) is 56.7 Å². The van der Waals surface area contributed by atoms with Crippen molar-refractivity contribution in [1.29, 1.82) is 0 Å². The summed E-state index contributed by atoms with van der Waals surface area (Å²) in [5, 5.41) is 9.31. The van der Waals surface area contributed by atoms with Crippen LogP contribution in [-0.4, -0.2) is 23.2 Å². The van der Waals surface area contributed by atoms with Crippen molar-refractivity contribution in [3.63, 3.8) is 0 Å². The molecule has 0 bridgehead atoms. The summed E-state index contributed by atoms with van der Waals surface area (Å²) in [6, 6.07) is 8.10. The Morgan fingerprint density at radius 1 is 1.21 bits per heavy atom. The monoisotopic (exact) mass is 488 g/mol. The van der Waals surface area contributed by atoms with Gasteiger partial charge in [0.2, 0.25) is 5.03 Å². The number of nitrogens with two attached hydrogens (primary N) is 1. The second-order valence-electron chi connectivity index (χ2n) is 7.70. The van der Waals surface area contributed by atoms with Crippen molar-refractivity contribution in [2.24, 2.45) is 12.2 Å². The number of sulfonamides is 1. The van der Waals surface area contributed by atoms with Gasteiger partial charge in [-0.15, -0.1) is 0 Å². The minimum atomic E-state index is -4.19. The molecule has 33 heavy (non-hydrogen) atoms. The quantitative estimate of drug-likeness (QED) is 0.424. The molecule has 4 aromatic rings. The number of benzene rings is 1. The lowest BCUT2D eigenvalue weighted by Gasteiger charge is -2.19. The maximum Gasteiger partial charge on any atom is 0.259 e. The van der Waals surface area contributed by atoms with Crippen LogP contribution in [0.2, 0.25) is 5.15 Å². The fraction of sp³-hybridized carbons (Fsp3) is 0.227. The van der Waals surface area contributed by atoms with Gasteiger partial charge in [0.05, 0.1) is 5.39 Å². The number of pyridine rings is 1. The van der Waals surface area contributed by atoms with Crippen molar-refractivity contribution in [2.75, 3.05) is 0 Å². The molecule has 0 saturated carbocycles. The molecule has 0 spiro atoms. The van der Waals surface area contributed by atoms with Crippen LogP contribution in [0.15, 0.2) is 50.8 Å². The molecule has 0 aliphatic carbocycles. The molecule has 1 aromatic carbocycles. The van der Waals surface area contributed by atoms with E-state index in [2.05, 4.69) is 10.1 Å². The predicted molar refractivity (Wildman–Crippen MR) is 124 cm³/mol. The highest BCUT2D eigenvalue weighted by Crippen LogP contribution is 2.34. The molecule has 0 fully saturated rings. The van der Waals surface area contributed by atoms with Crippen molar-refractivity contribution in [3.05, 3.63) is 68.6 Å². The third-order valence-corrected chi connectivity index (χ3v) is 6.29. The minimum absolute atomic E-state index is 0.0395. The summed E-state index contributed by atoms with van der Waals surface area (Å²) >= 11 is 5.84. The Labute approximate surface area is 194 Å². The van der Waals surface area contributed by atoms with Crippen LogP contribution < -0.4 is 15.3 Å². The zero-order valence-electron chi connectivity index (χ0n) is 18.3. The van der Waals surface area contributed by atoms with Crippen LogP contribution in [0.1, 0.15) is 29.7 Å². The minimum Gasteiger partial charge on any atom is -0.483 e. The van der Waals surface area contributed by atoms with Crippen LogP contribution in [0.3, 0.4) is 0 Å². The molecular formula is C22H21ClN4O5S. The van der Waals surface area contributed by atoms with Gasteiger partial charge in [-0.3, -0.25) is 9.48 Å². The molecule has 0 saturated heterocycles. The first-order valence-electron chi connectivity index (χ1n) is 9.89. The first-order chi connectivity index (χ1) is 15.5. The maximum absolute atomic E-state index is 13.2. The van der Waals surface area contributed by atoms with Crippen LogP contribution in [-0.2, 0) is 17.1 Å². The second kappa shape index (κ2) is 8.29. The van der Waals surface area contributed by atoms with Gasteiger partial charge in [0.15, 0.2) is 16.9 Å². The van der Waals surface area contributed by atoms with Gasteiger partial charge in [-0.2, -0.15) is 5.10 Å². The van der Waals surface area contributed by atoms with E-state index in [1.54, 1.807) is 43.9 Å². The highest BCUT2D eigenvalue weighted by atomic mass is 35.5. The number of primary sulfonamides is 1. The van der Waals surface area contributed by atoms with E-state index < -0.39 is 21.2 Å². The number of ether oxygens (including phenoxy) is 1. The molecule has 3 aromatic heterocycles. The molecule has 4 rings (SSSR count). The van der Waals surface area contributed by atoms with Crippen LogP contribution in [0.5, 0.6) is 5.75 Å². The van der Waals surface area contributed by atoms with Crippen LogP contribution in [0.25, 0.3) is 22.4 Å². The van der Waals surface area contributed by atoms with Gasteiger partial charge in [-0.25, -0.2) is 18.5 Å². The number of hydrogen-bond donors (Lipinski definition) is 1. The van der Waals surface area contributed by atoms with Crippen molar-refractivity contribution < 1.29 is 17.6 Å². The van der Waals surface area contributed by atoms with E-state index in [1.165, 1.54) is 12.1 Å². The molecule has 0 unspecified atom stereocenters. The summed E-state index contributed by atoms with van der Waals surface area (Å²) < 4.78 is 37.8. The Morgan fingerprint density at radius 2 is 1.94 bits per heavy atom. The molecule has 0 radical (unpaired) electrons. The fourth-order valence-electron chi connectivity index (χ4n) is 3.66. The van der Waals surface area contributed by atoms with Gasteiger partial charge < -0.3 is 9.15 Å². The first kappa shape index (κ1) is 23.0. The Bertz CT molecular complexity index is 1560. The topological polar surface area (TPSA) is 130 Å². The summed E-state index contributed by atoms with van der Waals surface area (Å²) in [6.07, 6.45) is 0.893. The smallest absolute Gasteiger partial charge is 0.259 e. The molecular weight excluding hydrogens is 468 g/mol. The number of halogens is 1. The highest BCUT2D eigenvalue weighted by Gasteiger charge is 2.24. The van der Waals surface area contributed by atoms with Crippen LogP contribution in [0, 0.1) is 13.8 Å². The molecule has 1 atom stereocenters. The average Bonchev–Trinajstić information content (AvgIpc) is 3.16. The van der Waals surface area contributed by atoms with Gasteiger partial charge in [0.25, 0.3) is 10.0 Å². The summed E-state index contributed by atoms with van der Waals surface area (Å²) in [6.45, 7) is 5.26. The molecule has 0 amide bonds. The van der Waals surface area contributed by atoms with Crippen molar-refractivity contribution >= 4 is 32.6 Å². The number of nitrogens with zero attached hydrogens (tertiary/aromatic N) is 3. The number of hydrogen-bond acceptors (Lipinski definition) is 7. The van der Waals surface area contributed by atoms with E-state index in [0.29, 0.717) is 33.6 Å². The number of rotatable bonds is 5. The lowest BCUT2D eigenvalue weighted by Crippen LogP contribution is -2.17. The lowest BCUT2D eigenvalue weighted by molar-refractivity contribution is 0.219. The van der Waals surface area contributed by atoms with Crippen molar-refractivity contribution in [3.8, 4) is 17.2 Å². The van der Waals surface area contributed by atoms with E-state index in [9.17, 15) is 13.2 Å². The number of aromatic nitrogens is 3. The predicted octanol–water partition coefficient (Wildman–Crippen LogP) is 3.65. The summed E-state index contributed by atoms with van der Waals surface area (Å²) in [5.74, 6) is 0.327. The standard InChI is InChI=1S/C22H21ClN4O5S/c1-11-9-14(13(3)31-17-5-6-18(23)26-22(17)33(24,29)30)21-15(10-11)19(28)12(2)20(32-21)16-7-8-25-27(16)4/h5-10,13H,1-4H3,(H2,24,29,30)/t13-/m1/s1. The first-order valence-corrected chi connectivity index (χ1v) is 11.8. The number of fused-ring (bicyclic) bond motifs is 1. The molecule has 2 N–H and O–H groups in total. The third kappa shape index (κ3) is 4.24. The highest BCUT2D eigenvalue weighted by molar-refractivity contribution is 7.89. The number of aryl methyl sites for hydroxylation is 2. The molecule has 3 heterocycles.